The molecule has 5 aromatic rings. The van der Waals surface area contributed by atoms with E-state index in [1.165, 1.54) is 4.90 Å². The van der Waals surface area contributed by atoms with Crippen LogP contribution in [0.25, 0.3) is 16.5 Å². The maximum Gasteiger partial charge on any atom is 0.411 e. The number of urea groups is 1. The van der Waals surface area contributed by atoms with Crippen LogP contribution in [0.3, 0.4) is 0 Å². The quantitative estimate of drug-likeness (QED) is 0.146. The fourth-order valence-electron chi connectivity index (χ4n) is 5.86. The molecule has 54 heavy (non-hydrogen) atoms. The van der Waals surface area contributed by atoms with Crippen LogP contribution in [0.5, 0.6) is 5.75 Å². The van der Waals surface area contributed by atoms with Gasteiger partial charge in [-0.2, -0.15) is 5.10 Å². The molecule has 1 fully saturated rings. The average Bonchev–Trinajstić information content (AvgIpc) is 3.55. The Morgan fingerprint density at radius 3 is 2.35 bits per heavy atom. The molecule has 1 aliphatic rings. The number of hydrogen-bond acceptors (Lipinski definition) is 8. The van der Waals surface area contributed by atoms with Crippen molar-refractivity contribution < 1.29 is 28.6 Å². The molecular formula is C41H47N7O6. The number of carbonyl (C=O) groups is 3. The normalized spacial score (nSPS) is 14.7. The monoisotopic (exact) mass is 733 g/mol. The van der Waals surface area contributed by atoms with Crippen molar-refractivity contribution in [2.24, 2.45) is 0 Å². The Kier molecular flexibility index (Phi) is 10.9. The first-order chi connectivity index (χ1) is 25.6. The molecule has 1 saturated heterocycles. The van der Waals surface area contributed by atoms with Gasteiger partial charge in [-0.05, 0) is 69.7 Å². The number of aromatic nitrogens is 3. The molecule has 0 bridgehead atoms. The molecule has 2 aromatic heterocycles. The van der Waals surface area contributed by atoms with Gasteiger partial charge in [0.15, 0.2) is 0 Å². The lowest BCUT2D eigenvalue weighted by atomic mass is 9.92. The molecule has 3 N–H and O–H groups in total. The molecule has 282 valence electrons. The van der Waals surface area contributed by atoms with Crippen LogP contribution < -0.4 is 20.7 Å². The van der Waals surface area contributed by atoms with E-state index >= 15 is 0 Å². The number of morpholine rings is 1. The fourth-order valence-corrected chi connectivity index (χ4v) is 5.86. The van der Waals surface area contributed by atoms with Gasteiger partial charge in [-0.15, -0.1) is 0 Å². The van der Waals surface area contributed by atoms with Crippen LogP contribution in [-0.2, 0) is 26.3 Å². The number of pyridine rings is 1. The second kappa shape index (κ2) is 15.6. The van der Waals surface area contributed by atoms with E-state index in [4.69, 9.17) is 19.3 Å². The largest absolute Gasteiger partial charge is 0.488 e. The summed E-state index contributed by atoms with van der Waals surface area (Å²) < 4.78 is 19.0. The van der Waals surface area contributed by atoms with Crippen molar-refractivity contribution in [2.75, 3.05) is 35.7 Å². The van der Waals surface area contributed by atoms with Crippen LogP contribution in [0.4, 0.5) is 26.9 Å². The number of benzene rings is 3. The van der Waals surface area contributed by atoms with E-state index in [1.54, 1.807) is 49.8 Å². The first-order valence-electron chi connectivity index (χ1n) is 17.9. The average molecular weight is 734 g/mol. The maximum atomic E-state index is 13.5. The van der Waals surface area contributed by atoms with Crippen molar-refractivity contribution in [1.82, 2.24) is 19.7 Å². The first kappa shape index (κ1) is 37.8. The number of nitrogens with one attached hydrogen (secondary N) is 3. The van der Waals surface area contributed by atoms with Gasteiger partial charge >= 0.3 is 12.1 Å². The summed E-state index contributed by atoms with van der Waals surface area (Å²) >= 11 is 0. The number of amides is 4. The molecule has 4 amide bonds. The number of carbonyl (C=O) groups excluding carboxylic acids is 3. The Morgan fingerprint density at radius 2 is 1.63 bits per heavy atom. The van der Waals surface area contributed by atoms with Crippen molar-refractivity contribution in [2.45, 2.75) is 72.1 Å². The van der Waals surface area contributed by atoms with Crippen molar-refractivity contribution in [1.29, 1.82) is 0 Å². The van der Waals surface area contributed by atoms with E-state index in [0.717, 1.165) is 33.3 Å². The van der Waals surface area contributed by atoms with Crippen LogP contribution in [0.1, 0.15) is 58.4 Å². The minimum Gasteiger partial charge on any atom is -0.488 e. The van der Waals surface area contributed by atoms with Gasteiger partial charge in [0, 0.05) is 35.0 Å². The molecule has 0 aliphatic carbocycles. The molecule has 0 spiro atoms. The summed E-state index contributed by atoms with van der Waals surface area (Å²) in [5.74, 6) is 1.03. The van der Waals surface area contributed by atoms with Crippen LogP contribution in [0, 0.1) is 6.92 Å². The molecule has 3 aromatic carbocycles. The third-order valence-electron chi connectivity index (χ3n) is 8.66. The smallest absolute Gasteiger partial charge is 0.411 e. The first-order valence-corrected chi connectivity index (χ1v) is 17.9. The van der Waals surface area contributed by atoms with Crippen molar-refractivity contribution >= 4 is 46.1 Å². The number of hydrogen-bond donors (Lipinski definition) is 3. The third-order valence-corrected chi connectivity index (χ3v) is 8.66. The predicted molar refractivity (Wildman–Crippen MR) is 208 cm³/mol. The zero-order valence-electron chi connectivity index (χ0n) is 31.7. The van der Waals surface area contributed by atoms with Gasteiger partial charge in [-0.25, -0.2) is 19.3 Å². The highest BCUT2D eigenvalue weighted by Crippen LogP contribution is 2.33. The summed E-state index contributed by atoms with van der Waals surface area (Å²) in [4.78, 5) is 45.2. The SMILES string of the molecule is Cc1ccc(-n2nc(C(C)(C)C)cc2NC(=O)Nc2ccc(OCc3ccnc(NC(=O)C4COCCN4C(=O)OC(C)(C)C)c3)c3ccccc23)cc1. The number of aryl methyl sites for hydroxylation is 1. The topological polar surface area (TPSA) is 149 Å². The van der Waals surface area contributed by atoms with Gasteiger partial charge < -0.3 is 24.8 Å². The van der Waals surface area contributed by atoms with Crippen molar-refractivity contribution in [3.63, 3.8) is 0 Å². The second-order valence-electron chi connectivity index (χ2n) is 15.2. The summed E-state index contributed by atoms with van der Waals surface area (Å²) in [6.07, 6.45) is 1.01. The van der Waals surface area contributed by atoms with Gasteiger partial charge in [0.2, 0.25) is 0 Å². The number of rotatable bonds is 8. The van der Waals surface area contributed by atoms with Gasteiger partial charge in [-0.3, -0.25) is 15.0 Å². The number of ether oxygens (including phenoxy) is 3. The Morgan fingerprint density at radius 1 is 0.889 bits per heavy atom. The van der Waals surface area contributed by atoms with Crippen LogP contribution in [0.15, 0.2) is 85.1 Å². The molecule has 1 unspecified atom stereocenters. The number of nitrogens with zero attached hydrogens (tertiary/aromatic N) is 4. The van der Waals surface area contributed by atoms with Crippen LogP contribution in [-0.4, -0.2) is 69.1 Å². The van der Waals surface area contributed by atoms with E-state index in [0.29, 0.717) is 29.7 Å². The van der Waals surface area contributed by atoms with E-state index in [2.05, 4.69) is 41.7 Å². The summed E-state index contributed by atoms with van der Waals surface area (Å²) in [5, 5.41) is 15.2. The standard InChI is InChI=1S/C41H47N7O6/c1-26-12-14-28(15-13-26)48-36(23-34(46-48)40(2,3)4)45-38(50)43-31-16-17-33(30-11-9-8-10-29(30)31)53-24-27-18-19-42-35(22-27)44-37(49)32-25-52-21-20-47(32)39(51)54-41(5,6)7/h8-19,22-23,32H,20-21,24-25H2,1-7H3,(H,42,44,49)(H2,43,45,50). The predicted octanol–water partition coefficient (Wildman–Crippen LogP) is 7.82. The molecule has 0 radical (unpaired) electrons. The third kappa shape index (κ3) is 9.15. The summed E-state index contributed by atoms with van der Waals surface area (Å²) in [5.41, 5.74) is 3.25. The summed E-state index contributed by atoms with van der Waals surface area (Å²) in [7, 11) is 0. The number of anilines is 3. The lowest BCUT2D eigenvalue weighted by Crippen LogP contribution is -2.55. The van der Waals surface area contributed by atoms with E-state index in [9.17, 15) is 14.4 Å². The summed E-state index contributed by atoms with van der Waals surface area (Å²) in [6, 6.07) is 23.4. The molecule has 1 atom stereocenters. The zero-order chi connectivity index (χ0) is 38.6. The lowest BCUT2D eigenvalue weighted by Gasteiger charge is -2.35. The fraction of sp³-hybridized carbons (Fsp3) is 0.341. The molecule has 1 aliphatic heterocycles. The highest BCUT2D eigenvalue weighted by molar-refractivity contribution is 6.07. The van der Waals surface area contributed by atoms with E-state index < -0.39 is 29.7 Å². The maximum absolute atomic E-state index is 13.5. The van der Waals surface area contributed by atoms with Crippen molar-refractivity contribution in [3.05, 3.63) is 102 Å². The van der Waals surface area contributed by atoms with Crippen LogP contribution >= 0.6 is 0 Å². The Hall–Kier alpha value is -5.95. The number of fused-ring (bicyclic) bond motifs is 1. The summed E-state index contributed by atoms with van der Waals surface area (Å²) in [6.45, 7) is 14.4. The molecule has 13 heteroatoms. The van der Waals surface area contributed by atoms with Gasteiger partial charge in [0.05, 0.1) is 30.3 Å². The van der Waals surface area contributed by atoms with E-state index in [-0.39, 0.29) is 25.2 Å². The Bertz CT molecular complexity index is 2150. The highest BCUT2D eigenvalue weighted by Gasteiger charge is 2.35. The molecule has 6 rings (SSSR count). The lowest BCUT2D eigenvalue weighted by molar-refractivity contribution is -0.127. The van der Waals surface area contributed by atoms with Gasteiger partial charge in [0.1, 0.15) is 35.6 Å². The van der Waals surface area contributed by atoms with E-state index in [1.807, 2.05) is 67.6 Å². The highest BCUT2D eigenvalue weighted by atomic mass is 16.6. The Labute approximate surface area is 315 Å². The van der Waals surface area contributed by atoms with Gasteiger partial charge in [0.25, 0.3) is 5.91 Å². The van der Waals surface area contributed by atoms with Crippen molar-refractivity contribution in [3.8, 4) is 11.4 Å². The minimum atomic E-state index is -0.868. The van der Waals surface area contributed by atoms with Crippen LogP contribution in [0.2, 0.25) is 0 Å². The molecule has 13 nitrogen and oxygen atoms in total. The Balaban J connectivity index is 1.13. The zero-order valence-corrected chi connectivity index (χ0v) is 31.7. The molecule has 3 heterocycles. The molecular weight excluding hydrogens is 686 g/mol. The molecule has 0 saturated carbocycles. The second-order valence-corrected chi connectivity index (χ2v) is 15.2. The minimum absolute atomic E-state index is 0.0454. The van der Waals surface area contributed by atoms with Gasteiger partial charge in [-0.1, -0.05) is 62.7 Å².